The third-order valence-corrected chi connectivity index (χ3v) is 9.95. The number of rotatable bonds is 10. The molecular weight excluding hydrogens is 605 g/mol. The number of hydrogen-bond acceptors (Lipinski definition) is 4. The van der Waals surface area contributed by atoms with Gasteiger partial charge in [-0.3, -0.25) is 13.9 Å². The minimum atomic E-state index is -4.18. The van der Waals surface area contributed by atoms with E-state index < -0.39 is 28.5 Å². The Kier molecular flexibility index (Phi) is 10.6. The van der Waals surface area contributed by atoms with E-state index in [9.17, 15) is 18.0 Å². The first-order valence-corrected chi connectivity index (χ1v) is 16.0. The summed E-state index contributed by atoms with van der Waals surface area (Å²) < 4.78 is 28.7. The molecule has 11 heteroatoms. The first-order valence-electron chi connectivity index (χ1n) is 13.4. The van der Waals surface area contributed by atoms with E-state index in [1.165, 1.54) is 23.1 Å². The normalized spacial score (nSPS) is 14.7. The summed E-state index contributed by atoms with van der Waals surface area (Å²) in [5.74, 6) is -0.930. The predicted molar refractivity (Wildman–Crippen MR) is 164 cm³/mol. The second kappa shape index (κ2) is 13.9. The van der Waals surface area contributed by atoms with Gasteiger partial charge >= 0.3 is 0 Å². The summed E-state index contributed by atoms with van der Waals surface area (Å²) in [4.78, 5) is 28.8. The summed E-state index contributed by atoms with van der Waals surface area (Å²) in [6, 6.07) is 18.2. The van der Waals surface area contributed by atoms with Crippen molar-refractivity contribution in [2.45, 2.75) is 62.6 Å². The molecule has 3 aromatic rings. The molecule has 1 N–H and O–H groups in total. The molecule has 1 atom stereocenters. The largest absolute Gasteiger partial charge is 0.352 e. The van der Waals surface area contributed by atoms with Crippen molar-refractivity contribution in [1.29, 1.82) is 0 Å². The van der Waals surface area contributed by atoms with Gasteiger partial charge in [-0.15, -0.1) is 0 Å². The molecule has 218 valence electrons. The zero-order valence-electron chi connectivity index (χ0n) is 22.6. The lowest BCUT2D eigenvalue weighted by Crippen LogP contribution is -2.53. The quantitative estimate of drug-likeness (QED) is 0.268. The van der Waals surface area contributed by atoms with Crippen molar-refractivity contribution < 1.29 is 18.0 Å². The van der Waals surface area contributed by atoms with E-state index in [4.69, 9.17) is 34.8 Å². The fourth-order valence-electron chi connectivity index (χ4n) is 4.88. The fraction of sp³-hybridized carbons (Fsp3) is 0.333. The number of benzene rings is 3. The van der Waals surface area contributed by atoms with Gasteiger partial charge < -0.3 is 10.2 Å². The van der Waals surface area contributed by atoms with Crippen LogP contribution in [0, 0.1) is 0 Å². The van der Waals surface area contributed by atoms with Gasteiger partial charge in [0, 0.05) is 33.2 Å². The molecule has 0 bridgehead atoms. The Hall–Kier alpha value is -2.78. The third kappa shape index (κ3) is 7.74. The van der Waals surface area contributed by atoms with E-state index >= 15 is 0 Å². The average Bonchev–Trinajstić information content (AvgIpc) is 2.96. The summed E-state index contributed by atoms with van der Waals surface area (Å²) >= 11 is 19.1. The minimum absolute atomic E-state index is 0.0107. The second-order valence-corrected chi connectivity index (χ2v) is 13.2. The lowest BCUT2D eigenvalue weighted by atomic mass is 9.95. The Morgan fingerprint density at radius 3 is 2.17 bits per heavy atom. The number of nitrogens with zero attached hydrogens (tertiary/aromatic N) is 2. The number of nitrogens with one attached hydrogen (secondary N) is 1. The Labute approximate surface area is 256 Å². The third-order valence-electron chi connectivity index (χ3n) is 7.22. The Balaban J connectivity index is 1.70. The molecule has 2 amide bonds. The van der Waals surface area contributed by atoms with Gasteiger partial charge in [0.2, 0.25) is 11.8 Å². The molecular formula is C30H32Cl3N3O4S. The molecule has 1 fully saturated rings. The monoisotopic (exact) mass is 635 g/mol. The molecule has 0 aromatic heterocycles. The topological polar surface area (TPSA) is 86.8 Å². The summed E-state index contributed by atoms with van der Waals surface area (Å²) in [5, 5.41) is 4.04. The van der Waals surface area contributed by atoms with Gasteiger partial charge in [-0.05, 0) is 62.2 Å². The molecule has 0 radical (unpaired) electrons. The van der Waals surface area contributed by atoms with E-state index in [0.717, 1.165) is 36.4 Å². The van der Waals surface area contributed by atoms with Crippen LogP contribution >= 0.6 is 34.8 Å². The van der Waals surface area contributed by atoms with Gasteiger partial charge in [-0.1, -0.05) is 84.4 Å². The van der Waals surface area contributed by atoms with E-state index in [2.05, 4.69) is 5.32 Å². The highest BCUT2D eigenvalue weighted by Crippen LogP contribution is 2.29. The number of carbonyl (C=O) groups excluding carboxylic acids is 2. The minimum Gasteiger partial charge on any atom is -0.352 e. The van der Waals surface area contributed by atoms with Crippen LogP contribution in [0.5, 0.6) is 0 Å². The van der Waals surface area contributed by atoms with Crippen molar-refractivity contribution in [3.8, 4) is 0 Å². The first-order chi connectivity index (χ1) is 19.6. The Bertz CT molecular complexity index is 1460. The molecule has 0 spiro atoms. The van der Waals surface area contributed by atoms with Crippen LogP contribution in [0.2, 0.25) is 15.1 Å². The van der Waals surface area contributed by atoms with Crippen molar-refractivity contribution in [3.05, 3.63) is 93.4 Å². The number of halogens is 3. The van der Waals surface area contributed by atoms with Crippen molar-refractivity contribution >= 4 is 62.3 Å². The smallest absolute Gasteiger partial charge is 0.264 e. The summed E-state index contributed by atoms with van der Waals surface area (Å²) in [6.07, 6.45) is 4.94. The fourth-order valence-corrected chi connectivity index (χ4v) is 7.01. The van der Waals surface area contributed by atoms with E-state index in [-0.39, 0.29) is 29.1 Å². The molecule has 4 rings (SSSR count). The second-order valence-electron chi connectivity index (χ2n) is 10.0. The summed E-state index contributed by atoms with van der Waals surface area (Å²) in [6.45, 7) is 0.947. The van der Waals surface area contributed by atoms with Crippen LogP contribution in [0.1, 0.15) is 44.6 Å². The maximum Gasteiger partial charge on any atom is 0.264 e. The van der Waals surface area contributed by atoms with Crippen LogP contribution in [0.4, 0.5) is 5.69 Å². The molecule has 0 heterocycles. The van der Waals surface area contributed by atoms with Crippen molar-refractivity contribution in [3.63, 3.8) is 0 Å². The molecule has 7 nitrogen and oxygen atoms in total. The zero-order chi connectivity index (χ0) is 29.6. The lowest BCUT2D eigenvalue weighted by Gasteiger charge is -2.33. The maximum atomic E-state index is 14.1. The van der Waals surface area contributed by atoms with Gasteiger partial charge in [0.05, 0.1) is 10.6 Å². The summed E-state index contributed by atoms with van der Waals surface area (Å²) in [7, 11) is -4.18. The number of anilines is 1. The molecule has 1 aliphatic rings. The van der Waals surface area contributed by atoms with Crippen molar-refractivity contribution in [1.82, 2.24) is 10.2 Å². The van der Waals surface area contributed by atoms with Gasteiger partial charge in [-0.2, -0.15) is 0 Å². The van der Waals surface area contributed by atoms with Crippen LogP contribution in [-0.4, -0.2) is 43.8 Å². The first kappa shape index (κ1) is 31.2. The Morgan fingerprint density at radius 2 is 1.54 bits per heavy atom. The number of hydrogen-bond donors (Lipinski definition) is 1. The van der Waals surface area contributed by atoms with Crippen LogP contribution in [-0.2, 0) is 26.2 Å². The molecule has 41 heavy (non-hydrogen) atoms. The lowest BCUT2D eigenvalue weighted by molar-refractivity contribution is -0.139. The number of carbonyl (C=O) groups is 2. The van der Waals surface area contributed by atoms with Gasteiger partial charge in [-0.25, -0.2) is 8.42 Å². The molecule has 0 aliphatic heterocycles. The van der Waals surface area contributed by atoms with Gasteiger partial charge in [0.15, 0.2) is 0 Å². The van der Waals surface area contributed by atoms with Crippen molar-refractivity contribution in [2.24, 2.45) is 0 Å². The standard InChI is InChI=1S/C30H32Cl3N3O4S/c1-21(30(38)34-23-11-4-2-5-12-23)35(19-26-27(32)16-9-17-28(26)33)29(37)20-36(24-13-8-10-22(31)18-24)41(39,40)25-14-6-3-7-15-25/h3,6-10,13-18,21,23H,2,4-5,11-12,19-20H2,1H3,(H,34,38). The molecule has 1 saturated carbocycles. The number of sulfonamides is 1. The highest BCUT2D eigenvalue weighted by molar-refractivity contribution is 7.92. The zero-order valence-corrected chi connectivity index (χ0v) is 25.7. The number of amides is 2. The Morgan fingerprint density at radius 1 is 0.902 bits per heavy atom. The van der Waals surface area contributed by atoms with Crippen LogP contribution in [0.15, 0.2) is 77.7 Å². The molecule has 3 aromatic carbocycles. The molecule has 1 aliphatic carbocycles. The van der Waals surface area contributed by atoms with Crippen LogP contribution in [0.3, 0.4) is 0 Å². The van der Waals surface area contributed by atoms with Gasteiger partial charge in [0.1, 0.15) is 12.6 Å². The van der Waals surface area contributed by atoms with Crippen LogP contribution in [0.25, 0.3) is 0 Å². The van der Waals surface area contributed by atoms with E-state index in [1.54, 1.807) is 61.5 Å². The van der Waals surface area contributed by atoms with Crippen LogP contribution < -0.4 is 9.62 Å². The molecule has 1 unspecified atom stereocenters. The maximum absolute atomic E-state index is 14.1. The highest BCUT2D eigenvalue weighted by atomic mass is 35.5. The summed E-state index contributed by atoms with van der Waals surface area (Å²) in [5.41, 5.74) is 0.673. The SMILES string of the molecule is CC(C(=O)NC1CCCCC1)N(Cc1c(Cl)cccc1Cl)C(=O)CN(c1cccc(Cl)c1)S(=O)(=O)c1ccccc1. The van der Waals surface area contributed by atoms with Crippen molar-refractivity contribution in [2.75, 3.05) is 10.8 Å². The molecule has 0 saturated heterocycles. The van der Waals surface area contributed by atoms with E-state index in [0.29, 0.717) is 20.6 Å². The highest BCUT2D eigenvalue weighted by Gasteiger charge is 2.33. The average molecular weight is 637 g/mol. The van der Waals surface area contributed by atoms with E-state index in [1.807, 2.05) is 0 Å². The predicted octanol–water partition coefficient (Wildman–Crippen LogP) is 6.71. The van der Waals surface area contributed by atoms with Gasteiger partial charge in [0.25, 0.3) is 10.0 Å².